The van der Waals surface area contributed by atoms with Crippen LogP contribution in [0.1, 0.15) is 11.1 Å². The number of benzene rings is 1. The number of rotatable bonds is 6. The van der Waals surface area contributed by atoms with E-state index in [0.717, 1.165) is 11.3 Å². The number of aliphatic imine (C=N–C) groups is 1. The molecule has 0 aliphatic carbocycles. The molecule has 0 spiro atoms. The van der Waals surface area contributed by atoms with Gasteiger partial charge in [-0.25, -0.2) is 0 Å². The predicted octanol–water partition coefficient (Wildman–Crippen LogP) is 2.54. The first-order valence-corrected chi connectivity index (χ1v) is 9.72. The van der Waals surface area contributed by atoms with E-state index in [1.807, 2.05) is 17.0 Å². The van der Waals surface area contributed by atoms with Crippen LogP contribution in [0.5, 0.6) is 0 Å². The number of hydrogen-bond donors (Lipinski definition) is 1. The summed E-state index contributed by atoms with van der Waals surface area (Å²) in [4.78, 5) is 20.4. The van der Waals surface area contributed by atoms with Crippen molar-refractivity contribution in [3.8, 4) is 0 Å². The fourth-order valence-electron chi connectivity index (χ4n) is 3.23. The highest BCUT2D eigenvalue weighted by molar-refractivity contribution is 14.0. The molecule has 0 unspecified atom stereocenters. The Morgan fingerprint density at radius 3 is 2.47 bits per heavy atom. The van der Waals surface area contributed by atoms with E-state index in [9.17, 15) is 18.0 Å². The van der Waals surface area contributed by atoms with Crippen LogP contribution in [0.3, 0.4) is 0 Å². The molecule has 2 heterocycles. The Bertz CT molecular complexity index is 917. The third-order valence-electron chi connectivity index (χ3n) is 4.74. The summed E-state index contributed by atoms with van der Waals surface area (Å²) in [6.07, 6.45) is -0.860. The van der Waals surface area contributed by atoms with Crippen molar-refractivity contribution in [1.82, 2.24) is 20.0 Å². The zero-order valence-corrected chi connectivity index (χ0v) is 20.1. The molecule has 8 nitrogen and oxygen atoms in total. The van der Waals surface area contributed by atoms with Gasteiger partial charge in [0.15, 0.2) is 5.96 Å². The largest absolute Gasteiger partial charge is 0.411 e. The second-order valence-corrected chi connectivity index (χ2v) is 7.16. The van der Waals surface area contributed by atoms with Gasteiger partial charge in [0.05, 0.1) is 18.5 Å². The van der Waals surface area contributed by atoms with E-state index < -0.39 is 12.8 Å². The highest BCUT2D eigenvalue weighted by atomic mass is 127. The highest BCUT2D eigenvalue weighted by Crippen LogP contribution is 2.17. The Morgan fingerprint density at radius 2 is 1.91 bits per heavy atom. The molecule has 1 fully saturated rings. The number of nitrogens with zero attached hydrogens (tertiary/aromatic N) is 5. The van der Waals surface area contributed by atoms with E-state index in [0.29, 0.717) is 31.2 Å². The normalized spacial score (nSPS) is 15.0. The van der Waals surface area contributed by atoms with Gasteiger partial charge in [-0.1, -0.05) is 24.3 Å². The summed E-state index contributed by atoms with van der Waals surface area (Å²) in [5, 5.41) is 7.33. The number of amides is 1. The number of guanidine groups is 1. The molecule has 12 heteroatoms. The maximum absolute atomic E-state index is 12.6. The van der Waals surface area contributed by atoms with E-state index in [-0.39, 0.29) is 43.0 Å². The predicted molar refractivity (Wildman–Crippen MR) is 125 cm³/mol. The standard InChI is InChI=1S/C20H25F3N6O2.HI/c1-24-19(28-7-8-29(18(30)12-28)17-10-26-27(2)11-17)25-9-15-3-5-16(6-4-15)13-31-14-20(21,22)23;/h3-6,10-11H,7-9,12-14H2,1-2H3,(H,24,25);1H. The van der Waals surface area contributed by atoms with Crippen LogP contribution in [-0.2, 0) is 29.7 Å². The van der Waals surface area contributed by atoms with Gasteiger partial charge in [0.1, 0.15) is 13.2 Å². The fraction of sp³-hybridized carbons (Fsp3) is 0.450. The molecule has 1 N–H and O–H groups in total. The lowest BCUT2D eigenvalue weighted by Gasteiger charge is -2.35. The topological polar surface area (TPSA) is 75.0 Å². The first-order chi connectivity index (χ1) is 14.7. The second kappa shape index (κ2) is 11.5. The van der Waals surface area contributed by atoms with E-state index in [2.05, 4.69) is 20.1 Å². The van der Waals surface area contributed by atoms with Crippen molar-refractivity contribution in [3.05, 3.63) is 47.8 Å². The Labute approximate surface area is 201 Å². The molecular formula is C20H26F3IN6O2. The van der Waals surface area contributed by atoms with Crippen LogP contribution in [-0.4, -0.2) is 66.0 Å². The molecule has 1 amide bonds. The van der Waals surface area contributed by atoms with Gasteiger partial charge in [-0.15, -0.1) is 24.0 Å². The first-order valence-electron chi connectivity index (χ1n) is 9.72. The van der Waals surface area contributed by atoms with Gasteiger partial charge < -0.3 is 19.9 Å². The molecule has 0 radical (unpaired) electrons. The number of alkyl halides is 3. The van der Waals surface area contributed by atoms with Gasteiger partial charge in [0.25, 0.3) is 0 Å². The van der Waals surface area contributed by atoms with E-state index in [1.54, 1.807) is 48.2 Å². The SMILES string of the molecule is CN=C(NCc1ccc(COCC(F)(F)F)cc1)N1CCN(c2cnn(C)c2)C(=O)C1.I. The van der Waals surface area contributed by atoms with Crippen molar-refractivity contribution in [2.75, 3.05) is 38.2 Å². The number of piperazine rings is 1. The van der Waals surface area contributed by atoms with Crippen LogP contribution >= 0.6 is 24.0 Å². The maximum Gasteiger partial charge on any atom is 0.411 e. The maximum atomic E-state index is 12.6. The van der Waals surface area contributed by atoms with Crippen molar-refractivity contribution < 1.29 is 22.7 Å². The molecule has 0 bridgehead atoms. The molecule has 1 aliphatic rings. The molecule has 1 aromatic heterocycles. The van der Waals surface area contributed by atoms with Gasteiger partial charge in [0.2, 0.25) is 5.91 Å². The Hall–Kier alpha value is -2.35. The van der Waals surface area contributed by atoms with E-state index >= 15 is 0 Å². The van der Waals surface area contributed by atoms with E-state index in [4.69, 9.17) is 0 Å². The smallest absolute Gasteiger partial charge is 0.367 e. The van der Waals surface area contributed by atoms with Gasteiger partial charge in [0, 0.05) is 39.9 Å². The summed E-state index contributed by atoms with van der Waals surface area (Å²) in [6.45, 7) is 0.447. The molecule has 1 saturated heterocycles. The summed E-state index contributed by atoms with van der Waals surface area (Å²) in [6, 6.07) is 7.09. The monoisotopic (exact) mass is 566 g/mol. The minimum atomic E-state index is -4.33. The zero-order valence-electron chi connectivity index (χ0n) is 17.8. The number of anilines is 1. The summed E-state index contributed by atoms with van der Waals surface area (Å²) in [5.74, 6) is 0.571. The third kappa shape index (κ3) is 7.36. The summed E-state index contributed by atoms with van der Waals surface area (Å²) in [5.41, 5.74) is 2.37. The van der Waals surface area contributed by atoms with Gasteiger partial charge in [-0.2, -0.15) is 18.3 Å². The zero-order chi connectivity index (χ0) is 22.4. The lowest BCUT2D eigenvalue weighted by atomic mass is 10.1. The number of carbonyl (C=O) groups excluding carboxylic acids is 1. The Balaban J connectivity index is 0.00000363. The minimum absolute atomic E-state index is 0. The van der Waals surface area contributed by atoms with Crippen LogP contribution in [0.4, 0.5) is 18.9 Å². The highest BCUT2D eigenvalue weighted by Gasteiger charge is 2.28. The van der Waals surface area contributed by atoms with Crippen LogP contribution in [0.25, 0.3) is 0 Å². The van der Waals surface area contributed by atoms with Crippen molar-refractivity contribution >= 4 is 41.5 Å². The van der Waals surface area contributed by atoms with Crippen molar-refractivity contribution in [3.63, 3.8) is 0 Å². The van der Waals surface area contributed by atoms with E-state index in [1.165, 1.54) is 0 Å². The summed E-state index contributed by atoms with van der Waals surface area (Å²) < 4.78 is 42.7. The van der Waals surface area contributed by atoms with Crippen LogP contribution in [0, 0.1) is 0 Å². The van der Waals surface area contributed by atoms with Crippen LogP contribution in [0.2, 0.25) is 0 Å². The summed E-state index contributed by atoms with van der Waals surface area (Å²) >= 11 is 0. The molecule has 2 aromatic rings. The molecule has 0 atom stereocenters. The molecule has 32 heavy (non-hydrogen) atoms. The number of nitrogens with one attached hydrogen (secondary N) is 1. The number of hydrogen-bond acceptors (Lipinski definition) is 4. The molecule has 1 aromatic carbocycles. The molecule has 3 rings (SSSR count). The second-order valence-electron chi connectivity index (χ2n) is 7.16. The third-order valence-corrected chi connectivity index (χ3v) is 4.74. The molecule has 1 aliphatic heterocycles. The fourth-order valence-corrected chi connectivity index (χ4v) is 3.23. The molecule has 176 valence electrons. The number of halogens is 4. The average molecular weight is 566 g/mol. The average Bonchev–Trinajstić information content (AvgIpc) is 3.15. The Morgan fingerprint density at radius 1 is 1.22 bits per heavy atom. The van der Waals surface area contributed by atoms with Crippen LogP contribution < -0.4 is 10.2 Å². The number of carbonyl (C=O) groups is 1. The van der Waals surface area contributed by atoms with Crippen LogP contribution in [0.15, 0.2) is 41.7 Å². The minimum Gasteiger partial charge on any atom is -0.367 e. The quantitative estimate of drug-likeness (QED) is 0.331. The number of aromatic nitrogens is 2. The Kier molecular flexibility index (Phi) is 9.31. The van der Waals surface area contributed by atoms with Gasteiger partial charge >= 0.3 is 6.18 Å². The number of ether oxygens (including phenoxy) is 1. The van der Waals surface area contributed by atoms with Gasteiger partial charge in [-0.3, -0.25) is 14.5 Å². The number of aryl methyl sites for hydroxylation is 1. The first kappa shape index (κ1) is 25.9. The molecular weight excluding hydrogens is 540 g/mol. The lowest BCUT2D eigenvalue weighted by molar-refractivity contribution is -0.176. The van der Waals surface area contributed by atoms with Crippen molar-refractivity contribution in [2.24, 2.45) is 12.0 Å². The molecule has 0 saturated carbocycles. The lowest BCUT2D eigenvalue weighted by Crippen LogP contribution is -2.55. The van der Waals surface area contributed by atoms with Gasteiger partial charge in [-0.05, 0) is 11.1 Å². The van der Waals surface area contributed by atoms with Crippen molar-refractivity contribution in [2.45, 2.75) is 19.3 Å². The summed E-state index contributed by atoms with van der Waals surface area (Å²) in [7, 11) is 3.46. The van der Waals surface area contributed by atoms with Crippen molar-refractivity contribution in [1.29, 1.82) is 0 Å².